The number of carbonyl (C=O) groups is 1. The Balaban J connectivity index is 1.85. The second kappa shape index (κ2) is 6.41. The molecule has 6 nitrogen and oxygen atoms in total. The molecule has 0 bridgehead atoms. The predicted octanol–water partition coefficient (Wildman–Crippen LogP) is 1.35. The molecule has 1 heterocycles. The van der Waals surface area contributed by atoms with E-state index >= 15 is 0 Å². The zero-order chi connectivity index (χ0) is 16.2. The lowest BCUT2D eigenvalue weighted by Crippen LogP contribution is -2.27. The van der Waals surface area contributed by atoms with Crippen molar-refractivity contribution in [2.24, 2.45) is 0 Å². The molecule has 1 aromatic heterocycles. The molecule has 23 heavy (non-hydrogen) atoms. The predicted molar refractivity (Wildman–Crippen MR) is 85.9 cm³/mol. The van der Waals surface area contributed by atoms with Crippen LogP contribution in [-0.4, -0.2) is 21.0 Å². The quantitative estimate of drug-likeness (QED) is 0.678. The smallest absolute Gasteiger partial charge is 0.346 e. The molecule has 0 fully saturated rings. The van der Waals surface area contributed by atoms with Gasteiger partial charge >= 0.3 is 5.69 Å². The van der Waals surface area contributed by atoms with E-state index in [1.54, 1.807) is 30.3 Å². The number of carbonyl (C=O) groups excluding carboxylic acids is 1. The van der Waals surface area contributed by atoms with Crippen LogP contribution >= 0.6 is 0 Å². The maximum Gasteiger partial charge on any atom is 0.346 e. The van der Waals surface area contributed by atoms with E-state index in [9.17, 15) is 9.59 Å². The second-order valence-corrected chi connectivity index (χ2v) is 5.10. The molecule has 0 aliphatic rings. The molecule has 3 N–H and O–H groups in total. The lowest BCUT2D eigenvalue weighted by Gasteiger charge is -2.08. The van der Waals surface area contributed by atoms with Crippen LogP contribution in [0.5, 0.6) is 0 Å². The molecule has 0 saturated heterocycles. The molecular weight excluding hydrogens is 294 g/mol. The van der Waals surface area contributed by atoms with Crippen molar-refractivity contribution in [1.29, 1.82) is 0 Å². The van der Waals surface area contributed by atoms with Crippen LogP contribution in [0.2, 0.25) is 0 Å². The highest BCUT2D eigenvalue weighted by molar-refractivity contribution is 6.04. The Hall–Kier alpha value is -2.99. The molecule has 0 atom stereocenters. The zero-order valence-electron chi connectivity index (χ0n) is 12.2. The summed E-state index contributed by atoms with van der Waals surface area (Å²) in [5, 5.41) is 12.5. The third-order valence-electron chi connectivity index (χ3n) is 3.48. The molecule has 0 spiro atoms. The largest absolute Gasteiger partial charge is 0.392 e. The van der Waals surface area contributed by atoms with Gasteiger partial charge in [0.2, 0.25) is 0 Å². The molecule has 0 radical (unpaired) electrons. The van der Waals surface area contributed by atoms with Crippen LogP contribution in [0.1, 0.15) is 21.6 Å². The van der Waals surface area contributed by atoms with Crippen LogP contribution in [0.4, 0.5) is 0 Å². The fourth-order valence-corrected chi connectivity index (χ4v) is 2.38. The average Bonchev–Trinajstić information content (AvgIpc) is 2.59. The summed E-state index contributed by atoms with van der Waals surface area (Å²) < 4.78 is 0. The fraction of sp³-hybridized carbons (Fsp3) is 0.118. The molecule has 0 saturated carbocycles. The Labute approximate surface area is 131 Å². The van der Waals surface area contributed by atoms with E-state index in [4.69, 9.17) is 5.11 Å². The van der Waals surface area contributed by atoms with Crippen molar-refractivity contribution >= 4 is 16.8 Å². The summed E-state index contributed by atoms with van der Waals surface area (Å²) in [7, 11) is 0. The summed E-state index contributed by atoms with van der Waals surface area (Å²) >= 11 is 0. The van der Waals surface area contributed by atoms with Gasteiger partial charge in [0.15, 0.2) is 0 Å². The Morgan fingerprint density at radius 2 is 1.91 bits per heavy atom. The molecule has 3 rings (SSSR count). The topological polar surface area (TPSA) is 95.1 Å². The first-order chi connectivity index (χ1) is 11.2. The third-order valence-corrected chi connectivity index (χ3v) is 3.48. The van der Waals surface area contributed by atoms with Crippen molar-refractivity contribution in [3.05, 3.63) is 75.8 Å². The highest BCUT2D eigenvalue weighted by Gasteiger charge is 2.13. The van der Waals surface area contributed by atoms with E-state index in [-0.39, 0.29) is 18.8 Å². The van der Waals surface area contributed by atoms with Gasteiger partial charge in [0, 0.05) is 11.9 Å². The molecule has 116 valence electrons. The molecular formula is C17H15N3O3. The van der Waals surface area contributed by atoms with Gasteiger partial charge in [-0.25, -0.2) is 4.79 Å². The van der Waals surface area contributed by atoms with Gasteiger partial charge < -0.3 is 15.4 Å². The van der Waals surface area contributed by atoms with Crippen molar-refractivity contribution in [2.75, 3.05) is 0 Å². The molecule has 0 unspecified atom stereocenters. The zero-order valence-corrected chi connectivity index (χ0v) is 12.2. The van der Waals surface area contributed by atoms with Gasteiger partial charge in [-0.2, -0.15) is 4.98 Å². The number of amides is 1. The second-order valence-electron chi connectivity index (χ2n) is 5.10. The summed E-state index contributed by atoms with van der Waals surface area (Å²) in [4.78, 5) is 30.3. The number of hydrogen-bond donors (Lipinski definition) is 3. The van der Waals surface area contributed by atoms with Crippen molar-refractivity contribution < 1.29 is 9.90 Å². The number of nitrogens with one attached hydrogen (secondary N) is 2. The SMILES string of the molecule is O=C(NCc1cccc(CO)c1)c1nc(=O)[nH]c2ccccc12. The number of fused-ring (bicyclic) bond motifs is 1. The van der Waals surface area contributed by atoms with Gasteiger partial charge in [0.05, 0.1) is 12.1 Å². The van der Waals surface area contributed by atoms with Crippen LogP contribution in [-0.2, 0) is 13.2 Å². The Kier molecular flexibility index (Phi) is 4.16. The number of nitrogens with zero attached hydrogens (tertiary/aromatic N) is 1. The number of benzene rings is 2. The highest BCUT2D eigenvalue weighted by Crippen LogP contribution is 2.13. The van der Waals surface area contributed by atoms with Crippen molar-refractivity contribution in [3.63, 3.8) is 0 Å². The Morgan fingerprint density at radius 3 is 2.74 bits per heavy atom. The molecule has 3 aromatic rings. The van der Waals surface area contributed by atoms with Gasteiger partial charge in [-0.15, -0.1) is 0 Å². The van der Waals surface area contributed by atoms with Crippen molar-refractivity contribution in [1.82, 2.24) is 15.3 Å². The number of aromatic amines is 1. The maximum absolute atomic E-state index is 12.4. The van der Waals surface area contributed by atoms with Gasteiger partial charge in [-0.3, -0.25) is 4.79 Å². The highest BCUT2D eigenvalue weighted by atomic mass is 16.3. The molecule has 0 aliphatic heterocycles. The number of aromatic nitrogens is 2. The average molecular weight is 309 g/mol. The lowest BCUT2D eigenvalue weighted by molar-refractivity contribution is 0.0947. The number of hydrogen-bond acceptors (Lipinski definition) is 4. The number of H-pyrrole nitrogens is 1. The first kappa shape index (κ1) is 14.9. The van der Waals surface area contributed by atoms with Crippen molar-refractivity contribution in [2.45, 2.75) is 13.2 Å². The maximum atomic E-state index is 12.4. The minimum Gasteiger partial charge on any atom is -0.392 e. The van der Waals surface area contributed by atoms with Crippen molar-refractivity contribution in [3.8, 4) is 0 Å². The minimum atomic E-state index is -0.559. The minimum absolute atomic E-state index is 0.0535. The molecule has 6 heteroatoms. The summed E-state index contributed by atoms with van der Waals surface area (Å²) in [5.41, 5.74) is 1.74. The van der Waals surface area contributed by atoms with Crippen LogP contribution in [0.25, 0.3) is 10.9 Å². The Morgan fingerprint density at radius 1 is 1.13 bits per heavy atom. The summed E-state index contributed by atoms with van der Waals surface area (Å²) in [6.07, 6.45) is 0. The molecule has 0 aliphatic carbocycles. The van der Waals surface area contributed by atoms with Gasteiger partial charge in [-0.1, -0.05) is 42.5 Å². The van der Waals surface area contributed by atoms with E-state index in [1.165, 1.54) is 0 Å². The van der Waals surface area contributed by atoms with E-state index in [2.05, 4.69) is 15.3 Å². The summed E-state index contributed by atoms with van der Waals surface area (Å²) in [6, 6.07) is 14.3. The van der Waals surface area contributed by atoms with Gasteiger partial charge in [0.25, 0.3) is 5.91 Å². The standard InChI is InChI=1S/C17H15N3O3/c21-10-12-5-3-4-11(8-12)9-18-16(22)15-13-6-1-2-7-14(13)19-17(23)20-15/h1-8,21H,9-10H2,(H,18,22)(H,19,20,23). The fourth-order valence-electron chi connectivity index (χ4n) is 2.38. The number of rotatable bonds is 4. The van der Waals surface area contributed by atoms with E-state index < -0.39 is 11.6 Å². The Bertz CT molecular complexity index is 918. The lowest BCUT2D eigenvalue weighted by atomic mass is 10.1. The first-order valence-electron chi connectivity index (χ1n) is 7.13. The normalized spacial score (nSPS) is 10.7. The monoisotopic (exact) mass is 309 g/mol. The molecule has 2 aromatic carbocycles. The first-order valence-corrected chi connectivity index (χ1v) is 7.13. The number of aliphatic hydroxyl groups is 1. The third kappa shape index (κ3) is 3.27. The van der Waals surface area contributed by atoms with E-state index in [0.29, 0.717) is 10.9 Å². The summed E-state index contributed by atoms with van der Waals surface area (Å²) in [6.45, 7) is 0.234. The number of para-hydroxylation sites is 1. The van der Waals surface area contributed by atoms with Gasteiger partial charge in [-0.05, 0) is 17.2 Å². The number of aliphatic hydroxyl groups excluding tert-OH is 1. The molecule has 1 amide bonds. The van der Waals surface area contributed by atoms with Crippen LogP contribution in [0, 0.1) is 0 Å². The van der Waals surface area contributed by atoms with Crippen LogP contribution in [0.15, 0.2) is 53.3 Å². The van der Waals surface area contributed by atoms with Crippen LogP contribution in [0.3, 0.4) is 0 Å². The summed E-state index contributed by atoms with van der Waals surface area (Å²) in [5.74, 6) is -0.415. The van der Waals surface area contributed by atoms with E-state index in [0.717, 1.165) is 11.1 Å². The van der Waals surface area contributed by atoms with Crippen LogP contribution < -0.4 is 11.0 Å². The van der Waals surface area contributed by atoms with Gasteiger partial charge in [0.1, 0.15) is 5.69 Å². The van der Waals surface area contributed by atoms with E-state index in [1.807, 2.05) is 18.2 Å².